The van der Waals surface area contributed by atoms with Crippen molar-refractivity contribution in [3.8, 4) is 0 Å². The topological polar surface area (TPSA) is 37.3 Å². The van der Waals surface area contributed by atoms with Crippen LogP contribution in [0, 0.1) is 12.8 Å². The van der Waals surface area contributed by atoms with Gasteiger partial charge in [0.15, 0.2) is 5.78 Å². The Hall–Kier alpha value is -1.36. The first-order valence-corrected chi connectivity index (χ1v) is 7.08. The van der Waals surface area contributed by atoms with Gasteiger partial charge in [0.05, 0.1) is 5.56 Å². The minimum absolute atomic E-state index is 0.181. The predicted octanol–water partition coefficient (Wildman–Crippen LogP) is 4.14. The third-order valence-electron chi connectivity index (χ3n) is 4.32. The van der Waals surface area contributed by atoms with Crippen LogP contribution in [-0.2, 0) is 6.18 Å². The molecular weight excluding hydrogens is 281 g/mol. The molecule has 0 spiro atoms. The van der Waals surface area contributed by atoms with Crippen LogP contribution in [0.1, 0.15) is 54.1 Å². The second kappa shape index (κ2) is 5.44. The monoisotopic (exact) mass is 300 g/mol. The van der Waals surface area contributed by atoms with Crippen molar-refractivity contribution >= 4 is 5.78 Å². The molecular formula is C16H19F3O2. The number of Topliss-reactive ketones (excluding diaryl/α,β-unsaturated/α-hetero) is 1. The van der Waals surface area contributed by atoms with Crippen LogP contribution >= 0.6 is 0 Å². The lowest BCUT2D eigenvalue weighted by Gasteiger charge is -2.34. The number of carbonyl (C=O) groups is 1. The average molecular weight is 300 g/mol. The van der Waals surface area contributed by atoms with E-state index >= 15 is 0 Å². The van der Waals surface area contributed by atoms with Crippen molar-refractivity contribution < 1.29 is 23.1 Å². The zero-order valence-corrected chi connectivity index (χ0v) is 12.1. The number of alkyl halides is 3. The maximum absolute atomic E-state index is 12.6. The fourth-order valence-corrected chi connectivity index (χ4v) is 2.81. The van der Waals surface area contributed by atoms with E-state index in [-0.39, 0.29) is 11.1 Å². The summed E-state index contributed by atoms with van der Waals surface area (Å²) in [4.78, 5) is 12.5. The second-order valence-electron chi connectivity index (χ2n) is 6.07. The fraction of sp³-hybridized carbons (Fsp3) is 0.562. The van der Waals surface area contributed by atoms with Crippen LogP contribution in [0.15, 0.2) is 18.2 Å². The molecule has 5 heteroatoms. The molecule has 0 radical (unpaired) electrons. The molecule has 2 nitrogen and oxygen atoms in total. The zero-order chi connectivity index (χ0) is 15.8. The van der Waals surface area contributed by atoms with E-state index in [2.05, 4.69) is 6.92 Å². The molecule has 0 aliphatic heterocycles. The van der Waals surface area contributed by atoms with Crippen molar-refractivity contribution in [3.63, 3.8) is 0 Å². The lowest BCUT2D eigenvalue weighted by molar-refractivity contribution is -0.137. The molecule has 1 N–H and O–H groups in total. The summed E-state index contributed by atoms with van der Waals surface area (Å²) in [6, 6.07) is 3.04. The average Bonchev–Trinajstić information content (AvgIpc) is 2.40. The van der Waals surface area contributed by atoms with Gasteiger partial charge in [0.2, 0.25) is 0 Å². The summed E-state index contributed by atoms with van der Waals surface area (Å²) in [5, 5.41) is 10.5. The Balaban J connectivity index is 2.28. The molecule has 1 aliphatic rings. The molecule has 116 valence electrons. The third kappa shape index (κ3) is 3.28. The third-order valence-corrected chi connectivity index (χ3v) is 4.32. The number of aryl methyl sites for hydroxylation is 1. The van der Waals surface area contributed by atoms with Crippen molar-refractivity contribution in [1.82, 2.24) is 0 Å². The van der Waals surface area contributed by atoms with Gasteiger partial charge in [0.1, 0.15) is 5.60 Å². The van der Waals surface area contributed by atoms with E-state index in [1.54, 1.807) is 0 Å². The van der Waals surface area contributed by atoms with Crippen LogP contribution in [0.3, 0.4) is 0 Å². The quantitative estimate of drug-likeness (QED) is 0.834. The Morgan fingerprint density at radius 1 is 1.29 bits per heavy atom. The van der Waals surface area contributed by atoms with Gasteiger partial charge in [-0.15, -0.1) is 0 Å². The number of rotatable bonds is 2. The minimum atomic E-state index is -4.43. The molecule has 1 saturated carbocycles. The maximum atomic E-state index is 12.6. The highest BCUT2D eigenvalue weighted by molar-refractivity contribution is 6.03. The van der Waals surface area contributed by atoms with Gasteiger partial charge < -0.3 is 5.11 Å². The van der Waals surface area contributed by atoms with Gasteiger partial charge in [-0.05, 0) is 56.2 Å². The number of aliphatic hydroxyl groups is 1. The van der Waals surface area contributed by atoms with Crippen molar-refractivity contribution in [2.75, 3.05) is 0 Å². The van der Waals surface area contributed by atoms with Gasteiger partial charge in [-0.25, -0.2) is 0 Å². The van der Waals surface area contributed by atoms with Crippen LogP contribution in [0.2, 0.25) is 0 Å². The van der Waals surface area contributed by atoms with E-state index in [9.17, 15) is 23.1 Å². The highest BCUT2D eigenvalue weighted by atomic mass is 19.4. The first-order chi connectivity index (χ1) is 9.63. The Morgan fingerprint density at radius 2 is 1.86 bits per heavy atom. The lowest BCUT2D eigenvalue weighted by atomic mass is 9.75. The number of carbonyl (C=O) groups excluding carboxylic acids is 1. The van der Waals surface area contributed by atoms with Crippen LogP contribution in [0.25, 0.3) is 0 Å². The van der Waals surface area contributed by atoms with Gasteiger partial charge in [0, 0.05) is 5.56 Å². The summed E-state index contributed by atoms with van der Waals surface area (Å²) >= 11 is 0. The Bertz CT molecular complexity index is 541. The first kappa shape index (κ1) is 16.0. The summed E-state index contributed by atoms with van der Waals surface area (Å²) in [5.41, 5.74) is -1.78. The van der Waals surface area contributed by atoms with E-state index in [1.807, 2.05) is 0 Å². The van der Waals surface area contributed by atoms with Crippen LogP contribution in [-0.4, -0.2) is 16.5 Å². The van der Waals surface area contributed by atoms with Crippen LogP contribution in [0.5, 0.6) is 0 Å². The molecule has 21 heavy (non-hydrogen) atoms. The molecule has 0 aromatic heterocycles. The van der Waals surface area contributed by atoms with Crippen molar-refractivity contribution in [2.45, 2.75) is 51.3 Å². The van der Waals surface area contributed by atoms with Gasteiger partial charge >= 0.3 is 6.18 Å². The van der Waals surface area contributed by atoms with E-state index in [1.165, 1.54) is 13.0 Å². The second-order valence-corrected chi connectivity index (χ2v) is 6.07. The smallest absolute Gasteiger partial charge is 0.382 e. The highest BCUT2D eigenvalue weighted by Gasteiger charge is 2.40. The number of ketones is 1. The summed E-state index contributed by atoms with van der Waals surface area (Å²) in [6.45, 7) is 3.53. The van der Waals surface area contributed by atoms with Gasteiger partial charge in [-0.3, -0.25) is 4.79 Å². The summed E-state index contributed by atoms with van der Waals surface area (Å²) < 4.78 is 37.9. The Morgan fingerprint density at radius 3 is 2.33 bits per heavy atom. The lowest BCUT2D eigenvalue weighted by Crippen LogP contribution is -2.42. The van der Waals surface area contributed by atoms with E-state index < -0.39 is 23.1 Å². The SMILES string of the molecule is Cc1cc(C(F)(F)F)ccc1C(=O)C1(O)CCC(C)CC1. The number of benzene rings is 1. The predicted molar refractivity (Wildman–Crippen MR) is 73.1 cm³/mol. The minimum Gasteiger partial charge on any atom is -0.382 e. The normalized spacial score (nSPS) is 26.7. The molecule has 1 aromatic carbocycles. The van der Waals surface area contributed by atoms with Crippen molar-refractivity contribution in [2.24, 2.45) is 5.92 Å². The summed E-state index contributed by atoms with van der Waals surface area (Å²) in [7, 11) is 0. The Kier molecular flexibility index (Phi) is 4.15. The van der Waals surface area contributed by atoms with Gasteiger partial charge in [-0.2, -0.15) is 13.2 Å². The molecule has 1 aliphatic carbocycles. The molecule has 1 fully saturated rings. The van der Waals surface area contributed by atoms with Gasteiger partial charge in [-0.1, -0.05) is 13.0 Å². The molecule has 0 unspecified atom stereocenters. The molecule has 0 amide bonds. The largest absolute Gasteiger partial charge is 0.416 e. The molecule has 2 rings (SSSR count). The number of hydrogen-bond acceptors (Lipinski definition) is 2. The Labute approximate surface area is 122 Å². The van der Waals surface area contributed by atoms with Crippen LogP contribution in [0.4, 0.5) is 13.2 Å². The molecule has 0 atom stereocenters. The molecule has 1 aromatic rings. The van der Waals surface area contributed by atoms with Crippen molar-refractivity contribution in [1.29, 1.82) is 0 Å². The van der Waals surface area contributed by atoms with Crippen LogP contribution < -0.4 is 0 Å². The van der Waals surface area contributed by atoms with E-state index in [0.29, 0.717) is 18.8 Å². The zero-order valence-electron chi connectivity index (χ0n) is 12.1. The maximum Gasteiger partial charge on any atom is 0.416 e. The first-order valence-electron chi connectivity index (χ1n) is 7.08. The molecule has 0 heterocycles. The standard InChI is InChI=1S/C16H19F3O2/c1-10-5-7-15(21,8-6-10)14(20)13-4-3-12(9-11(13)2)16(17,18)19/h3-4,9-10,21H,5-8H2,1-2H3. The fourth-order valence-electron chi connectivity index (χ4n) is 2.81. The number of halogens is 3. The summed E-state index contributed by atoms with van der Waals surface area (Å²) in [6.07, 6.45) is -2.19. The van der Waals surface area contributed by atoms with E-state index in [4.69, 9.17) is 0 Å². The number of hydrogen-bond donors (Lipinski definition) is 1. The molecule has 0 bridgehead atoms. The van der Waals surface area contributed by atoms with Gasteiger partial charge in [0.25, 0.3) is 0 Å². The van der Waals surface area contributed by atoms with E-state index in [0.717, 1.165) is 25.0 Å². The summed E-state index contributed by atoms with van der Waals surface area (Å²) in [5.74, 6) is 0.00685. The highest BCUT2D eigenvalue weighted by Crippen LogP contribution is 2.36. The molecule has 0 saturated heterocycles. The van der Waals surface area contributed by atoms with Crippen molar-refractivity contribution in [3.05, 3.63) is 34.9 Å².